The summed E-state index contributed by atoms with van der Waals surface area (Å²) in [7, 11) is 7.93. The fourth-order valence-corrected chi connectivity index (χ4v) is 9.55. The minimum absolute atomic E-state index is 0.101. The first-order valence-corrected chi connectivity index (χ1v) is 18.8. The van der Waals surface area contributed by atoms with Crippen molar-refractivity contribution in [1.29, 1.82) is 0 Å². The lowest BCUT2D eigenvalue weighted by Crippen LogP contribution is -2.48. The Morgan fingerprint density at radius 3 is 2.52 bits per heavy atom. The number of amides is 2. The molecular weight excluding hydrogens is 619 g/mol. The Morgan fingerprint density at radius 2 is 1.81 bits per heavy atom. The van der Waals surface area contributed by atoms with Gasteiger partial charge in [0, 0.05) is 71.3 Å². The van der Waals surface area contributed by atoms with Gasteiger partial charge in [-0.3, -0.25) is 14.3 Å². The zero-order valence-corrected chi connectivity index (χ0v) is 30.7. The van der Waals surface area contributed by atoms with E-state index >= 15 is 4.79 Å². The standard InChI is InChI=1S/C39H53N5O3S/c1-24(2)42(6)48-40-37(45)27-14-17-31-34(19-27)43-23-39(38(46)44-25(3)13-15-28(44)22-41(4)5)21-33(39)32-20-29(47-7)16-18-30(32)36(43)35(31)26-11-9-8-10-12-26/h14,16-20,24-26,28,33H,8-13,15,21-23H2,1-7H3,(H,40,45). The van der Waals surface area contributed by atoms with Crippen LogP contribution in [0.2, 0.25) is 0 Å². The second-order valence-corrected chi connectivity index (χ2v) is 16.5. The van der Waals surface area contributed by atoms with E-state index in [-0.39, 0.29) is 23.9 Å². The van der Waals surface area contributed by atoms with Crippen LogP contribution in [0, 0.1) is 5.41 Å². The second-order valence-electron chi connectivity index (χ2n) is 15.5. The van der Waals surface area contributed by atoms with Gasteiger partial charge in [0.25, 0.3) is 5.91 Å². The number of nitrogens with one attached hydrogen (secondary N) is 1. The summed E-state index contributed by atoms with van der Waals surface area (Å²) in [5, 5.41) is 1.23. The number of likely N-dealkylation sites (N-methyl/N-ethyl adjacent to an activating group) is 1. The third-order valence-electron chi connectivity index (χ3n) is 11.8. The Balaban J connectivity index is 1.39. The summed E-state index contributed by atoms with van der Waals surface area (Å²) in [6, 6.07) is 13.5. The van der Waals surface area contributed by atoms with Gasteiger partial charge < -0.3 is 19.1 Å². The zero-order valence-electron chi connectivity index (χ0n) is 29.8. The molecule has 2 amide bonds. The number of aromatic nitrogens is 1. The molecule has 0 radical (unpaired) electrons. The molecule has 4 atom stereocenters. The van der Waals surface area contributed by atoms with Crippen molar-refractivity contribution in [3.05, 3.63) is 53.1 Å². The van der Waals surface area contributed by atoms with E-state index in [1.165, 1.54) is 72.0 Å². The van der Waals surface area contributed by atoms with Crippen molar-refractivity contribution in [1.82, 2.24) is 23.4 Å². The topological polar surface area (TPSA) is 70.0 Å². The molecule has 3 heterocycles. The highest BCUT2D eigenvalue weighted by molar-refractivity contribution is 7.95. The number of nitrogens with zero attached hydrogens (tertiary/aromatic N) is 4. The number of methoxy groups -OCH3 is 1. The third kappa shape index (κ3) is 5.73. The van der Waals surface area contributed by atoms with Crippen molar-refractivity contribution in [2.75, 3.05) is 34.8 Å². The predicted molar refractivity (Wildman–Crippen MR) is 195 cm³/mol. The van der Waals surface area contributed by atoms with E-state index in [9.17, 15) is 4.79 Å². The highest BCUT2D eigenvalue weighted by atomic mass is 32.2. The average Bonchev–Trinajstić information content (AvgIpc) is 3.62. The normalized spacial score (nSPS) is 25.3. The molecule has 9 heteroatoms. The van der Waals surface area contributed by atoms with E-state index < -0.39 is 5.41 Å². The van der Waals surface area contributed by atoms with E-state index in [2.05, 4.69) is 84.3 Å². The smallest absolute Gasteiger partial charge is 0.262 e. The van der Waals surface area contributed by atoms with Crippen LogP contribution in [0.4, 0.5) is 0 Å². The van der Waals surface area contributed by atoms with Gasteiger partial charge in [-0.2, -0.15) is 0 Å². The lowest BCUT2D eigenvalue weighted by molar-refractivity contribution is -0.140. The van der Waals surface area contributed by atoms with Gasteiger partial charge in [0.05, 0.1) is 18.2 Å². The summed E-state index contributed by atoms with van der Waals surface area (Å²) >= 11 is 1.34. The van der Waals surface area contributed by atoms with E-state index in [0.717, 1.165) is 37.1 Å². The van der Waals surface area contributed by atoms with Crippen LogP contribution < -0.4 is 9.46 Å². The minimum atomic E-state index is -0.528. The molecule has 4 unspecified atom stereocenters. The molecular formula is C39H53N5O3S. The molecule has 3 fully saturated rings. The molecule has 2 saturated carbocycles. The molecule has 1 saturated heterocycles. The van der Waals surface area contributed by atoms with Crippen LogP contribution in [-0.2, 0) is 11.3 Å². The van der Waals surface area contributed by atoms with Crippen molar-refractivity contribution in [3.63, 3.8) is 0 Å². The van der Waals surface area contributed by atoms with Crippen LogP contribution in [0.15, 0.2) is 36.4 Å². The largest absolute Gasteiger partial charge is 0.497 e. The first-order valence-electron chi connectivity index (χ1n) is 18.1. The number of carbonyl (C=O) groups is 2. The van der Waals surface area contributed by atoms with Gasteiger partial charge in [0.2, 0.25) is 5.91 Å². The Bertz CT molecular complexity index is 1710. The van der Waals surface area contributed by atoms with Crippen molar-refractivity contribution in [3.8, 4) is 17.0 Å². The van der Waals surface area contributed by atoms with Gasteiger partial charge in [-0.15, -0.1) is 0 Å². The predicted octanol–water partition coefficient (Wildman–Crippen LogP) is 7.43. The van der Waals surface area contributed by atoms with Crippen molar-refractivity contribution < 1.29 is 14.3 Å². The van der Waals surface area contributed by atoms with Gasteiger partial charge in [0.1, 0.15) is 5.75 Å². The monoisotopic (exact) mass is 671 g/mol. The third-order valence-corrected chi connectivity index (χ3v) is 12.8. The minimum Gasteiger partial charge on any atom is -0.497 e. The first kappa shape index (κ1) is 33.5. The number of ether oxygens (including phenoxy) is 1. The number of fused-ring (bicyclic) bond motifs is 7. The molecule has 48 heavy (non-hydrogen) atoms. The number of benzene rings is 2. The molecule has 0 bridgehead atoms. The first-order chi connectivity index (χ1) is 23.0. The van der Waals surface area contributed by atoms with Crippen molar-refractivity contribution in [2.45, 2.75) is 109 Å². The molecule has 3 aromatic rings. The highest BCUT2D eigenvalue weighted by Gasteiger charge is 2.65. The van der Waals surface area contributed by atoms with Gasteiger partial charge in [-0.05, 0) is 121 Å². The summed E-state index contributed by atoms with van der Waals surface area (Å²) in [6.45, 7) is 7.95. The lowest BCUT2D eigenvalue weighted by Gasteiger charge is -2.34. The van der Waals surface area contributed by atoms with Gasteiger partial charge in [-0.25, -0.2) is 4.31 Å². The number of rotatable bonds is 9. The van der Waals surface area contributed by atoms with Crippen molar-refractivity contribution >= 4 is 34.9 Å². The molecule has 2 aromatic carbocycles. The average molecular weight is 672 g/mol. The molecule has 0 spiro atoms. The molecule has 2 aliphatic heterocycles. The van der Waals surface area contributed by atoms with Crippen LogP contribution in [0.3, 0.4) is 0 Å². The number of likely N-dealkylation sites (tertiary alicyclic amines) is 1. The fraction of sp³-hybridized carbons (Fsp3) is 0.590. The SMILES string of the molecule is COc1ccc2c(c1)C1CC1(C(=O)N1C(C)CCC1CN(C)C)Cn1c-2c(C2CCCCC2)c2ccc(C(=O)NSN(C)C(C)C)cc21. The summed E-state index contributed by atoms with van der Waals surface area (Å²) in [5.41, 5.74) is 6.31. The fourth-order valence-electron chi connectivity index (χ4n) is 9.00. The van der Waals surface area contributed by atoms with Crippen molar-refractivity contribution in [2.24, 2.45) is 5.41 Å². The maximum absolute atomic E-state index is 15.1. The maximum atomic E-state index is 15.1. The molecule has 1 N–H and O–H groups in total. The Labute approximate surface area is 290 Å². The Hall–Kier alpha value is -3.01. The van der Waals surface area contributed by atoms with E-state index in [4.69, 9.17) is 4.74 Å². The molecule has 8 nitrogen and oxygen atoms in total. The number of hydrogen-bond acceptors (Lipinski definition) is 6. The molecule has 7 rings (SSSR count). The summed E-state index contributed by atoms with van der Waals surface area (Å²) in [6.07, 6.45) is 9.01. The van der Waals surface area contributed by atoms with Gasteiger partial charge in [0.15, 0.2) is 0 Å². The molecule has 4 aliphatic rings. The quantitative estimate of drug-likeness (QED) is 0.239. The van der Waals surface area contributed by atoms with Gasteiger partial charge >= 0.3 is 0 Å². The van der Waals surface area contributed by atoms with Crippen LogP contribution in [0.5, 0.6) is 5.75 Å². The summed E-state index contributed by atoms with van der Waals surface area (Å²) in [5.74, 6) is 1.62. The lowest BCUT2D eigenvalue weighted by atomic mass is 9.81. The number of carbonyl (C=O) groups excluding carboxylic acids is 2. The maximum Gasteiger partial charge on any atom is 0.262 e. The van der Waals surface area contributed by atoms with Crippen LogP contribution in [0.1, 0.15) is 105 Å². The van der Waals surface area contributed by atoms with E-state index in [1.807, 2.05) is 17.4 Å². The summed E-state index contributed by atoms with van der Waals surface area (Å²) < 4.78 is 13.3. The Morgan fingerprint density at radius 1 is 1.04 bits per heavy atom. The molecule has 258 valence electrons. The summed E-state index contributed by atoms with van der Waals surface area (Å²) in [4.78, 5) is 33.1. The Kier molecular flexibility index (Phi) is 9.09. The van der Waals surface area contributed by atoms with Gasteiger partial charge in [-0.1, -0.05) is 25.3 Å². The van der Waals surface area contributed by atoms with E-state index in [1.54, 1.807) is 7.11 Å². The van der Waals surface area contributed by atoms with Crippen LogP contribution in [0.25, 0.3) is 22.2 Å². The molecule has 2 aliphatic carbocycles. The second kappa shape index (κ2) is 13.0. The zero-order chi connectivity index (χ0) is 33.9. The number of hydrogen-bond donors (Lipinski definition) is 1. The molecule has 1 aromatic heterocycles. The van der Waals surface area contributed by atoms with E-state index in [0.29, 0.717) is 30.0 Å². The van der Waals surface area contributed by atoms with Crippen LogP contribution >= 0.6 is 12.1 Å². The highest BCUT2D eigenvalue weighted by Crippen LogP contribution is 2.66. The van der Waals surface area contributed by atoms with Crippen LogP contribution in [-0.4, -0.2) is 83.4 Å².